The molecule has 0 saturated carbocycles. The van der Waals surface area contributed by atoms with Crippen molar-refractivity contribution in [2.45, 2.75) is 58.5 Å². The van der Waals surface area contributed by atoms with Crippen LogP contribution in [0, 0.1) is 0 Å². The smallest absolute Gasteiger partial charge is 0.411 e. The van der Waals surface area contributed by atoms with Gasteiger partial charge in [0.15, 0.2) is 0 Å². The fourth-order valence-corrected chi connectivity index (χ4v) is 3.16. The Labute approximate surface area is 158 Å². The molecule has 1 aromatic carbocycles. The second-order valence-electron chi connectivity index (χ2n) is 6.98. The Bertz CT molecular complexity index is 514. The Kier molecular flexibility index (Phi) is 10.1. The number of nitrogens with zero attached hydrogens (tertiary/aromatic N) is 1. The van der Waals surface area contributed by atoms with Gasteiger partial charge >= 0.3 is 6.09 Å². The first kappa shape index (κ1) is 20.7. The molecule has 0 radical (unpaired) electrons. The Morgan fingerprint density at radius 1 is 1.12 bits per heavy atom. The summed E-state index contributed by atoms with van der Waals surface area (Å²) in [4.78, 5) is 14.4. The highest BCUT2D eigenvalue weighted by atomic mass is 16.5. The molecule has 1 heterocycles. The monoisotopic (exact) mass is 362 g/mol. The van der Waals surface area contributed by atoms with Gasteiger partial charge in [0.05, 0.1) is 6.61 Å². The third kappa shape index (κ3) is 8.68. The van der Waals surface area contributed by atoms with E-state index >= 15 is 0 Å². The van der Waals surface area contributed by atoms with Crippen LogP contribution in [0.15, 0.2) is 24.3 Å². The van der Waals surface area contributed by atoms with Crippen LogP contribution in [0.3, 0.4) is 0 Å². The lowest BCUT2D eigenvalue weighted by molar-refractivity contribution is 0.117. The predicted molar refractivity (Wildman–Crippen MR) is 106 cm³/mol. The average Bonchev–Trinajstić information content (AvgIpc) is 2.91. The number of hydrogen-bond donors (Lipinski definition) is 1. The molecule has 0 spiro atoms. The van der Waals surface area contributed by atoms with Gasteiger partial charge < -0.3 is 9.47 Å². The van der Waals surface area contributed by atoms with E-state index in [1.54, 1.807) is 0 Å². The van der Waals surface area contributed by atoms with E-state index in [-0.39, 0.29) is 6.09 Å². The van der Waals surface area contributed by atoms with Crippen LogP contribution in [0.25, 0.3) is 0 Å². The fourth-order valence-electron chi connectivity index (χ4n) is 3.16. The molecule has 0 bridgehead atoms. The van der Waals surface area contributed by atoms with Crippen molar-refractivity contribution in [2.75, 3.05) is 38.2 Å². The number of anilines is 1. The molecule has 1 fully saturated rings. The van der Waals surface area contributed by atoms with Crippen LogP contribution in [-0.4, -0.2) is 43.8 Å². The number of ether oxygens (including phenoxy) is 2. The summed E-state index contributed by atoms with van der Waals surface area (Å²) in [5.74, 6) is 0. The molecule has 26 heavy (non-hydrogen) atoms. The normalized spacial score (nSPS) is 15.4. The van der Waals surface area contributed by atoms with Crippen LogP contribution in [0.5, 0.6) is 0 Å². The minimum Gasteiger partial charge on any atom is -0.448 e. The van der Waals surface area contributed by atoms with Crippen molar-refractivity contribution in [2.24, 2.45) is 0 Å². The Morgan fingerprint density at radius 2 is 1.92 bits per heavy atom. The molecule has 0 atom stereocenters. The second kappa shape index (κ2) is 12.7. The number of carbonyl (C=O) groups is 1. The highest BCUT2D eigenvalue weighted by Gasteiger charge is 2.10. The lowest BCUT2D eigenvalue weighted by Gasteiger charge is -2.19. The molecule has 0 unspecified atom stereocenters. The lowest BCUT2D eigenvalue weighted by atomic mass is 10.2. The van der Waals surface area contributed by atoms with Crippen molar-refractivity contribution >= 4 is 11.8 Å². The molecule has 1 aromatic rings. The topological polar surface area (TPSA) is 50.8 Å². The van der Waals surface area contributed by atoms with E-state index in [1.807, 2.05) is 24.3 Å². The number of amides is 1. The van der Waals surface area contributed by atoms with Crippen LogP contribution in [0.4, 0.5) is 10.5 Å². The molecule has 1 aliphatic heterocycles. The highest BCUT2D eigenvalue weighted by Crippen LogP contribution is 2.13. The zero-order valence-corrected chi connectivity index (χ0v) is 16.2. The van der Waals surface area contributed by atoms with Crippen LogP contribution in [-0.2, 0) is 16.1 Å². The van der Waals surface area contributed by atoms with E-state index < -0.39 is 0 Å². The van der Waals surface area contributed by atoms with Crippen molar-refractivity contribution in [3.63, 3.8) is 0 Å². The lowest BCUT2D eigenvalue weighted by Crippen LogP contribution is -2.30. The van der Waals surface area contributed by atoms with Gasteiger partial charge in [-0.2, -0.15) is 0 Å². The number of hydrogen-bond acceptors (Lipinski definition) is 4. The summed E-state index contributed by atoms with van der Waals surface area (Å²) in [5, 5.41) is 2.81. The quantitative estimate of drug-likeness (QED) is 0.606. The minimum atomic E-state index is -0.388. The van der Waals surface area contributed by atoms with Gasteiger partial charge in [-0.1, -0.05) is 44.7 Å². The predicted octanol–water partition coefficient (Wildman–Crippen LogP) is 4.82. The molecule has 1 aliphatic rings. The molecular formula is C21H34N2O3. The number of nitrogens with one attached hydrogen (secondary N) is 1. The molecular weight excluding hydrogens is 328 g/mol. The fraction of sp³-hybridized carbons (Fsp3) is 0.667. The van der Waals surface area contributed by atoms with E-state index in [2.05, 4.69) is 17.1 Å². The average molecular weight is 363 g/mol. The largest absolute Gasteiger partial charge is 0.448 e. The zero-order valence-electron chi connectivity index (χ0n) is 16.2. The van der Waals surface area contributed by atoms with Gasteiger partial charge in [0, 0.05) is 18.8 Å². The van der Waals surface area contributed by atoms with Crippen LogP contribution in [0.1, 0.15) is 57.4 Å². The Hall–Kier alpha value is -1.59. The number of benzene rings is 1. The third-order valence-corrected chi connectivity index (χ3v) is 4.67. The molecule has 146 valence electrons. The molecule has 1 saturated heterocycles. The third-order valence-electron chi connectivity index (χ3n) is 4.67. The molecule has 2 rings (SSSR count). The summed E-state index contributed by atoms with van der Waals surface area (Å²) in [5.41, 5.74) is 1.81. The van der Waals surface area contributed by atoms with Crippen molar-refractivity contribution < 1.29 is 14.3 Å². The molecule has 0 aromatic heterocycles. The Balaban J connectivity index is 1.65. The van der Waals surface area contributed by atoms with Crippen molar-refractivity contribution in [3.05, 3.63) is 29.8 Å². The van der Waals surface area contributed by atoms with E-state index in [0.717, 1.165) is 43.9 Å². The first-order valence-corrected chi connectivity index (χ1v) is 10.1. The molecule has 1 N–H and O–H groups in total. The van der Waals surface area contributed by atoms with Crippen LogP contribution in [0.2, 0.25) is 0 Å². The van der Waals surface area contributed by atoms with Gasteiger partial charge in [-0.3, -0.25) is 10.2 Å². The first-order valence-electron chi connectivity index (χ1n) is 10.1. The number of carbonyl (C=O) groups excluding carboxylic acids is 1. The van der Waals surface area contributed by atoms with Gasteiger partial charge in [0.25, 0.3) is 0 Å². The molecule has 5 nitrogen and oxygen atoms in total. The van der Waals surface area contributed by atoms with Gasteiger partial charge in [-0.15, -0.1) is 0 Å². The van der Waals surface area contributed by atoms with E-state index in [4.69, 9.17) is 9.47 Å². The van der Waals surface area contributed by atoms with Gasteiger partial charge in [0.1, 0.15) is 6.61 Å². The van der Waals surface area contributed by atoms with Gasteiger partial charge in [0.2, 0.25) is 0 Å². The van der Waals surface area contributed by atoms with Crippen molar-refractivity contribution in [1.82, 2.24) is 4.90 Å². The van der Waals surface area contributed by atoms with Crippen molar-refractivity contribution in [1.29, 1.82) is 0 Å². The van der Waals surface area contributed by atoms with Crippen LogP contribution < -0.4 is 5.32 Å². The number of unbranched alkanes of at least 4 members (excludes halogenated alkanes) is 2. The maximum absolute atomic E-state index is 12.0. The van der Waals surface area contributed by atoms with E-state index in [9.17, 15) is 4.79 Å². The summed E-state index contributed by atoms with van der Waals surface area (Å²) < 4.78 is 11.0. The Morgan fingerprint density at radius 3 is 2.69 bits per heavy atom. The maximum Gasteiger partial charge on any atom is 0.411 e. The summed E-state index contributed by atoms with van der Waals surface area (Å²) >= 11 is 0. The summed E-state index contributed by atoms with van der Waals surface area (Å²) in [6.07, 6.45) is 8.23. The number of rotatable bonds is 10. The number of likely N-dealkylation sites (tertiary alicyclic amines) is 1. The summed E-state index contributed by atoms with van der Waals surface area (Å²) in [6.45, 7) is 7.02. The maximum atomic E-state index is 12.0. The SMILES string of the molecule is CCCCCOCc1cccc(NC(=O)OCCN2CCCCCC2)c1. The van der Waals surface area contributed by atoms with Gasteiger partial charge in [-0.05, 0) is 50.0 Å². The standard InChI is InChI=1S/C21H34N2O3/c1-2-3-8-15-25-18-19-10-9-11-20(17-19)22-21(24)26-16-14-23-12-6-4-5-7-13-23/h9-11,17H,2-8,12-16,18H2,1H3,(H,22,24). The minimum absolute atomic E-state index is 0.388. The van der Waals surface area contributed by atoms with E-state index in [0.29, 0.717) is 13.2 Å². The van der Waals surface area contributed by atoms with E-state index in [1.165, 1.54) is 38.5 Å². The molecule has 0 aliphatic carbocycles. The zero-order chi connectivity index (χ0) is 18.5. The van der Waals surface area contributed by atoms with Crippen LogP contribution >= 0.6 is 0 Å². The molecule has 1 amide bonds. The van der Waals surface area contributed by atoms with Gasteiger partial charge in [-0.25, -0.2) is 4.79 Å². The second-order valence-corrected chi connectivity index (χ2v) is 6.98. The molecule has 5 heteroatoms. The summed E-state index contributed by atoms with van der Waals surface area (Å²) in [7, 11) is 0. The first-order chi connectivity index (χ1) is 12.8. The summed E-state index contributed by atoms with van der Waals surface area (Å²) in [6, 6.07) is 7.75. The highest BCUT2D eigenvalue weighted by molar-refractivity contribution is 5.84. The van der Waals surface area contributed by atoms with Crippen molar-refractivity contribution in [3.8, 4) is 0 Å².